The van der Waals surface area contributed by atoms with Crippen LogP contribution in [0.2, 0.25) is 0 Å². The highest BCUT2D eigenvalue weighted by molar-refractivity contribution is 6.04. The third-order valence-electron chi connectivity index (χ3n) is 2.78. The van der Waals surface area contributed by atoms with Crippen LogP contribution in [-0.4, -0.2) is 35.9 Å². The lowest BCUT2D eigenvalue weighted by atomic mass is 10.1. The van der Waals surface area contributed by atoms with E-state index in [0.717, 1.165) is 19.3 Å². The van der Waals surface area contributed by atoms with Crippen LogP contribution in [0.3, 0.4) is 0 Å². The number of hydrogen-bond acceptors (Lipinski definition) is 4. The first-order valence-electron chi connectivity index (χ1n) is 6.33. The second-order valence-corrected chi connectivity index (χ2v) is 4.19. The Balaban J connectivity index is 3.17. The molecule has 0 saturated heterocycles. The molecule has 0 spiro atoms. The quantitative estimate of drug-likeness (QED) is 0.712. The molecule has 2 N–H and O–H groups in total. The normalized spacial score (nSPS) is 10.1. The number of ether oxygens (including phenoxy) is 2. The van der Waals surface area contributed by atoms with Crippen molar-refractivity contribution in [3.63, 3.8) is 0 Å². The third kappa shape index (κ3) is 3.63. The molecule has 0 aliphatic carbocycles. The number of aromatic carboxylic acids is 2. The van der Waals surface area contributed by atoms with Crippen molar-refractivity contribution in [2.24, 2.45) is 0 Å². The van der Waals surface area contributed by atoms with Gasteiger partial charge >= 0.3 is 11.9 Å². The maximum absolute atomic E-state index is 11.3. The predicted octanol–water partition coefficient (Wildman–Crippen LogP) is 2.66. The summed E-state index contributed by atoms with van der Waals surface area (Å²) in [4.78, 5) is 22.4. The molecular formula is C14H18O6. The van der Waals surface area contributed by atoms with Gasteiger partial charge in [0.25, 0.3) is 0 Å². The molecule has 0 amide bonds. The fourth-order valence-electron chi connectivity index (χ4n) is 1.78. The molecule has 110 valence electrons. The van der Waals surface area contributed by atoms with E-state index in [4.69, 9.17) is 14.6 Å². The smallest absolute Gasteiger partial charge is 0.340 e. The Kier molecular flexibility index (Phi) is 5.83. The molecule has 1 aromatic rings. The zero-order valence-corrected chi connectivity index (χ0v) is 11.5. The molecule has 6 heteroatoms. The molecule has 0 saturated carbocycles. The molecule has 0 fully saturated rings. The summed E-state index contributed by atoms with van der Waals surface area (Å²) < 4.78 is 10.5. The van der Waals surface area contributed by atoms with Crippen molar-refractivity contribution in [1.29, 1.82) is 0 Å². The average molecular weight is 282 g/mol. The maximum atomic E-state index is 11.3. The summed E-state index contributed by atoms with van der Waals surface area (Å²) in [6.45, 7) is 2.35. The summed E-state index contributed by atoms with van der Waals surface area (Å²) in [7, 11) is 1.38. The van der Waals surface area contributed by atoms with Crippen molar-refractivity contribution in [1.82, 2.24) is 0 Å². The summed E-state index contributed by atoms with van der Waals surface area (Å²) >= 11 is 0. The molecule has 0 radical (unpaired) electrons. The molecule has 0 bridgehead atoms. The lowest BCUT2D eigenvalue weighted by molar-refractivity contribution is 0.0646. The number of rotatable bonds is 8. The zero-order valence-electron chi connectivity index (χ0n) is 11.5. The van der Waals surface area contributed by atoms with E-state index in [1.54, 1.807) is 0 Å². The number of unbranched alkanes of at least 4 members (excludes halogenated alkanes) is 2. The second kappa shape index (κ2) is 7.37. The monoisotopic (exact) mass is 282 g/mol. The summed E-state index contributed by atoms with van der Waals surface area (Å²) in [5.74, 6) is -2.49. The fraction of sp³-hybridized carbons (Fsp3) is 0.429. The van der Waals surface area contributed by atoms with Gasteiger partial charge in [-0.3, -0.25) is 0 Å². The van der Waals surface area contributed by atoms with Gasteiger partial charge in [0.1, 0.15) is 5.56 Å². The maximum Gasteiger partial charge on any atom is 0.340 e. The molecule has 0 heterocycles. The number of carbonyl (C=O) groups is 2. The molecule has 0 unspecified atom stereocenters. The van der Waals surface area contributed by atoms with Gasteiger partial charge in [-0.15, -0.1) is 0 Å². The molecule has 1 rings (SSSR count). The standard InChI is InChI=1S/C14H18O6/c1-3-4-5-8-20-12-10(19-2)7-6-9(13(15)16)11(12)14(17)18/h6-7H,3-5,8H2,1-2H3,(H,15,16)(H,17,18). The van der Waals surface area contributed by atoms with E-state index < -0.39 is 11.9 Å². The van der Waals surface area contributed by atoms with Crippen LogP contribution in [0, 0.1) is 0 Å². The first kappa shape index (κ1) is 15.8. The van der Waals surface area contributed by atoms with Gasteiger partial charge in [-0.05, 0) is 18.6 Å². The van der Waals surface area contributed by atoms with Crippen LogP contribution < -0.4 is 9.47 Å². The number of methoxy groups -OCH3 is 1. The van der Waals surface area contributed by atoms with E-state index in [0.29, 0.717) is 6.61 Å². The first-order valence-corrected chi connectivity index (χ1v) is 6.33. The van der Waals surface area contributed by atoms with E-state index in [-0.39, 0.29) is 22.6 Å². The topological polar surface area (TPSA) is 93.1 Å². The van der Waals surface area contributed by atoms with Gasteiger partial charge in [-0.1, -0.05) is 19.8 Å². The third-order valence-corrected chi connectivity index (χ3v) is 2.78. The van der Waals surface area contributed by atoms with Crippen molar-refractivity contribution in [2.45, 2.75) is 26.2 Å². The van der Waals surface area contributed by atoms with Gasteiger partial charge in [0.2, 0.25) is 0 Å². The number of hydrogen-bond donors (Lipinski definition) is 2. The van der Waals surface area contributed by atoms with Crippen molar-refractivity contribution < 1.29 is 29.3 Å². The van der Waals surface area contributed by atoms with Gasteiger partial charge in [0, 0.05) is 0 Å². The van der Waals surface area contributed by atoms with E-state index in [2.05, 4.69) is 0 Å². The Morgan fingerprint density at radius 2 is 1.85 bits per heavy atom. The van der Waals surface area contributed by atoms with Gasteiger partial charge in [0.05, 0.1) is 19.3 Å². The predicted molar refractivity (Wildman–Crippen MR) is 71.9 cm³/mol. The van der Waals surface area contributed by atoms with E-state index in [1.165, 1.54) is 19.2 Å². The zero-order chi connectivity index (χ0) is 15.1. The highest BCUT2D eigenvalue weighted by Crippen LogP contribution is 2.34. The van der Waals surface area contributed by atoms with Gasteiger partial charge in [0.15, 0.2) is 11.5 Å². The minimum atomic E-state index is -1.35. The molecular weight excluding hydrogens is 264 g/mol. The largest absolute Gasteiger partial charge is 0.493 e. The van der Waals surface area contributed by atoms with Crippen molar-refractivity contribution >= 4 is 11.9 Å². The molecule has 20 heavy (non-hydrogen) atoms. The van der Waals surface area contributed by atoms with Crippen molar-refractivity contribution in [3.05, 3.63) is 23.3 Å². The van der Waals surface area contributed by atoms with Crippen molar-refractivity contribution in [2.75, 3.05) is 13.7 Å². The van der Waals surface area contributed by atoms with Crippen LogP contribution in [0.1, 0.15) is 46.9 Å². The van der Waals surface area contributed by atoms with Crippen LogP contribution in [-0.2, 0) is 0 Å². The highest BCUT2D eigenvalue weighted by atomic mass is 16.5. The van der Waals surface area contributed by atoms with Crippen LogP contribution in [0.4, 0.5) is 0 Å². The summed E-state index contributed by atoms with van der Waals surface area (Å²) in [5, 5.41) is 18.3. The summed E-state index contributed by atoms with van der Waals surface area (Å²) in [5.41, 5.74) is -0.697. The Bertz CT molecular complexity index is 495. The summed E-state index contributed by atoms with van der Waals surface area (Å²) in [6, 6.07) is 2.59. The SMILES string of the molecule is CCCCCOc1c(OC)ccc(C(=O)O)c1C(=O)O. The Morgan fingerprint density at radius 1 is 1.15 bits per heavy atom. The molecule has 6 nitrogen and oxygen atoms in total. The second-order valence-electron chi connectivity index (χ2n) is 4.19. The highest BCUT2D eigenvalue weighted by Gasteiger charge is 2.24. The fourth-order valence-corrected chi connectivity index (χ4v) is 1.78. The molecule has 0 aliphatic heterocycles. The van der Waals surface area contributed by atoms with Gasteiger partial charge in [-0.2, -0.15) is 0 Å². The Labute approximate surface area is 116 Å². The van der Waals surface area contributed by atoms with Crippen LogP contribution in [0.15, 0.2) is 12.1 Å². The van der Waals surface area contributed by atoms with Crippen molar-refractivity contribution in [3.8, 4) is 11.5 Å². The van der Waals surface area contributed by atoms with E-state index in [1.807, 2.05) is 6.92 Å². The molecule has 0 atom stereocenters. The van der Waals surface area contributed by atoms with Gasteiger partial charge < -0.3 is 19.7 Å². The van der Waals surface area contributed by atoms with Crippen LogP contribution >= 0.6 is 0 Å². The van der Waals surface area contributed by atoms with Crippen LogP contribution in [0.5, 0.6) is 11.5 Å². The number of benzene rings is 1. The van der Waals surface area contributed by atoms with E-state index >= 15 is 0 Å². The van der Waals surface area contributed by atoms with E-state index in [9.17, 15) is 14.7 Å². The minimum absolute atomic E-state index is 0.0315. The molecule has 0 aliphatic rings. The minimum Gasteiger partial charge on any atom is -0.493 e. The lowest BCUT2D eigenvalue weighted by Gasteiger charge is -2.14. The van der Waals surface area contributed by atoms with Crippen LogP contribution in [0.25, 0.3) is 0 Å². The number of carboxylic acids is 2. The summed E-state index contributed by atoms with van der Waals surface area (Å²) in [6.07, 6.45) is 2.71. The lowest BCUT2D eigenvalue weighted by Crippen LogP contribution is -2.12. The number of carboxylic acid groups (broad SMARTS) is 2. The average Bonchev–Trinajstić information content (AvgIpc) is 2.42. The molecule has 1 aromatic carbocycles. The Hall–Kier alpha value is -2.24. The first-order chi connectivity index (χ1) is 9.52. The Morgan fingerprint density at radius 3 is 2.35 bits per heavy atom. The molecule has 0 aromatic heterocycles. The van der Waals surface area contributed by atoms with Gasteiger partial charge in [-0.25, -0.2) is 9.59 Å².